The maximum absolute atomic E-state index is 9.62. The number of fused-ring (bicyclic) bond motifs is 1. The van der Waals surface area contributed by atoms with Gasteiger partial charge in [-0.05, 0) is 25.7 Å². The minimum atomic E-state index is -0.0822. The predicted octanol–water partition coefficient (Wildman–Crippen LogP) is 1.89. The Bertz CT molecular complexity index is 215. The Morgan fingerprint density at radius 1 is 1.45 bits per heavy atom. The molecule has 1 heteroatoms. The van der Waals surface area contributed by atoms with Crippen molar-refractivity contribution >= 4 is 0 Å². The maximum Gasteiger partial charge on any atom is 0.0611 e. The third-order valence-corrected chi connectivity index (χ3v) is 2.91. The molecule has 2 rings (SSSR count). The molecule has 0 bridgehead atoms. The fourth-order valence-corrected chi connectivity index (χ4v) is 2.33. The van der Waals surface area contributed by atoms with E-state index in [-0.39, 0.29) is 6.10 Å². The van der Waals surface area contributed by atoms with Crippen LogP contribution in [-0.4, -0.2) is 11.2 Å². The van der Waals surface area contributed by atoms with Crippen LogP contribution in [0.1, 0.15) is 19.8 Å². The van der Waals surface area contributed by atoms with Gasteiger partial charge in [0.05, 0.1) is 6.10 Å². The van der Waals surface area contributed by atoms with Crippen molar-refractivity contribution in [2.24, 2.45) is 11.8 Å². The average Bonchev–Trinajstić information content (AvgIpc) is 2.34. The van der Waals surface area contributed by atoms with Crippen LogP contribution >= 0.6 is 0 Å². The number of hydrogen-bond donors (Lipinski definition) is 1. The molecule has 1 nitrogen and oxygen atoms in total. The molecule has 0 aromatic heterocycles. The second-order valence-electron chi connectivity index (χ2n) is 3.63. The molecule has 2 aliphatic rings. The lowest BCUT2D eigenvalue weighted by Crippen LogP contribution is -2.20. The molecule has 0 amide bonds. The van der Waals surface area contributed by atoms with E-state index in [4.69, 9.17) is 0 Å². The van der Waals surface area contributed by atoms with Crippen molar-refractivity contribution in [2.45, 2.75) is 25.9 Å². The van der Waals surface area contributed by atoms with Crippen LogP contribution < -0.4 is 0 Å². The van der Waals surface area contributed by atoms with Gasteiger partial charge in [0.15, 0.2) is 0 Å². The van der Waals surface area contributed by atoms with Gasteiger partial charge in [0.2, 0.25) is 0 Å². The van der Waals surface area contributed by atoms with Crippen LogP contribution in [0.5, 0.6) is 0 Å². The van der Waals surface area contributed by atoms with Gasteiger partial charge < -0.3 is 5.11 Å². The van der Waals surface area contributed by atoms with Crippen LogP contribution in [0.3, 0.4) is 0 Å². The fourth-order valence-electron chi connectivity index (χ4n) is 2.33. The standard InChI is InChI=1S/C10H14O/c1-7-3-2-4-8-5-6-9(11)10(7)8/h2-4,8-11H,5-6H2,1H3. The first kappa shape index (κ1) is 7.11. The smallest absolute Gasteiger partial charge is 0.0611 e. The third-order valence-electron chi connectivity index (χ3n) is 2.91. The van der Waals surface area contributed by atoms with Gasteiger partial charge in [-0.15, -0.1) is 0 Å². The van der Waals surface area contributed by atoms with Crippen LogP contribution in [0.25, 0.3) is 0 Å². The highest BCUT2D eigenvalue weighted by molar-refractivity contribution is 5.24. The van der Waals surface area contributed by atoms with E-state index in [1.807, 2.05) is 0 Å². The molecule has 2 aliphatic carbocycles. The summed E-state index contributed by atoms with van der Waals surface area (Å²) >= 11 is 0. The number of allylic oxidation sites excluding steroid dienone is 3. The van der Waals surface area contributed by atoms with Gasteiger partial charge in [0, 0.05) is 5.92 Å². The summed E-state index contributed by atoms with van der Waals surface area (Å²) in [5.74, 6) is 1.05. The summed E-state index contributed by atoms with van der Waals surface area (Å²) < 4.78 is 0. The molecule has 0 aromatic carbocycles. The lowest BCUT2D eigenvalue weighted by atomic mass is 9.85. The zero-order valence-electron chi connectivity index (χ0n) is 6.83. The zero-order chi connectivity index (χ0) is 7.84. The second kappa shape index (κ2) is 2.49. The van der Waals surface area contributed by atoms with Crippen LogP contribution in [0.15, 0.2) is 23.8 Å². The fraction of sp³-hybridized carbons (Fsp3) is 0.600. The minimum absolute atomic E-state index is 0.0822. The molecule has 0 aromatic rings. The van der Waals surface area contributed by atoms with E-state index in [0.717, 1.165) is 12.8 Å². The van der Waals surface area contributed by atoms with Crippen molar-refractivity contribution < 1.29 is 5.11 Å². The van der Waals surface area contributed by atoms with Crippen LogP contribution in [0.2, 0.25) is 0 Å². The van der Waals surface area contributed by atoms with Crippen LogP contribution in [0, 0.1) is 11.8 Å². The highest BCUT2D eigenvalue weighted by Crippen LogP contribution is 2.39. The first-order chi connectivity index (χ1) is 5.29. The lowest BCUT2D eigenvalue weighted by molar-refractivity contribution is 0.141. The molecule has 11 heavy (non-hydrogen) atoms. The minimum Gasteiger partial charge on any atom is -0.392 e. The number of aliphatic hydroxyl groups excluding tert-OH is 1. The number of aliphatic hydroxyl groups is 1. The lowest BCUT2D eigenvalue weighted by Gasteiger charge is -2.22. The molecule has 1 saturated carbocycles. The molecule has 0 radical (unpaired) electrons. The predicted molar refractivity (Wildman–Crippen MR) is 45.1 cm³/mol. The van der Waals surface area contributed by atoms with Gasteiger partial charge in [-0.1, -0.05) is 23.8 Å². The molecule has 0 saturated heterocycles. The van der Waals surface area contributed by atoms with Crippen molar-refractivity contribution in [3.63, 3.8) is 0 Å². The molecular weight excluding hydrogens is 136 g/mol. The highest BCUT2D eigenvalue weighted by Gasteiger charge is 2.35. The Morgan fingerprint density at radius 3 is 3.00 bits per heavy atom. The van der Waals surface area contributed by atoms with Gasteiger partial charge >= 0.3 is 0 Å². The molecule has 0 aliphatic heterocycles. The van der Waals surface area contributed by atoms with E-state index in [1.165, 1.54) is 5.57 Å². The van der Waals surface area contributed by atoms with Gasteiger partial charge in [0.1, 0.15) is 0 Å². The monoisotopic (exact) mass is 150 g/mol. The normalized spacial score (nSPS) is 42.0. The molecule has 1 N–H and O–H groups in total. The maximum atomic E-state index is 9.62. The molecule has 0 heterocycles. The molecule has 1 fully saturated rings. The van der Waals surface area contributed by atoms with Gasteiger partial charge in [-0.25, -0.2) is 0 Å². The quantitative estimate of drug-likeness (QED) is 0.559. The van der Waals surface area contributed by atoms with Gasteiger partial charge in [-0.3, -0.25) is 0 Å². The van der Waals surface area contributed by atoms with Gasteiger partial charge in [-0.2, -0.15) is 0 Å². The van der Waals surface area contributed by atoms with Crippen LogP contribution in [-0.2, 0) is 0 Å². The van der Waals surface area contributed by atoms with Gasteiger partial charge in [0.25, 0.3) is 0 Å². The van der Waals surface area contributed by atoms with E-state index >= 15 is 0 Å². The van der Waals surface area contributed by atoms with E-state index in [2.05, 4.69) is 25.2 Å². The van der Waals surface area contributed by atoms with Crippen LogP contribution in [0.4, 0.5) is 0 Å². The first-order valence-corrected chi connectivity index (χ1v) is 4.32. The Morgan fingerprint density at radius 2 is 2.27 bits per heavy atom. The molecule has 3 atom stereocenters. The largest absolute Gasteiger partial charge is 0.392 e. The third kappa shape index (κ3) is 1.04. The summed E-state index contributed by atoms with van der Waals surface area (Å²) in [7, 11) is 0. The van der Waals surface area contributed by atoms with E-state index in [9.17, 15) is 5.11 Å². The van der Waals surface area contributed by atoms with Crippen molar-refractivity contribution in [2.75, 3.05) is 0 Å². The molecule has 3 unspecified atom stereocenters. The summed E-state index contributed by atoms with van der Waals surface area (Å²) in [6.07, 6.45) is 8.53. The molecule has 60 valence electrons. The Kier molecular flexibility index (Phi) is 1.61. The molecular formula is C10H14O. The SMILES string of the molecule is CC1=CC=CC2CCC(O)C12. The van der Waals surface area contributed by atoms with E-state index in [1.54, 1.807) is 0 Å². The van der Waals surface area contributed by atoms with Crippen molar-refractivity contribution in [1.82, 2.24) is 0 Å². The summed E-state index contributed by atoms with van der Waals surface area (Å²) in [4.78, 5) is 0. The average molecular weight is 150 g/mol. The van der Waals surface area contributed by atoms with E-state index < -0.39 is 0 Å². The zero-order valence-corrected chi connectivity index (χ0v) is 6.83. The van der Waals surface area contributed by atoms with Crippen molar-refractivity contribution in [1.29, 1.82) is 0 Å². The summed E-state index contributed by atoms with van der Waals surface area (Å²) in [6, 6.07) is 0. The summed E-state index contributed by atoms with van der Waals surface area (Å²) in [5.41, 5.74) is 1.35. The highest BCUT2D eigenvalue weighted by atomic mass is 16.3. The Labute approximate surface area is 67.4 Å². The number of rotatable bonds is 0. The van der Waals surface area contributed by atoms with E-state index in [0.29, 0.717) is 11.8 Å². The first-order valence-electron chi connectivity index (χ1n) is 4.32. The Hall–Kier alpha value is -0.560. The Balaban J connectivity index is 2.26. The molecule has 0 spiro atoms. The number of hydrogen-bond acceptors (Lipinski definition) is 1. The topological polar surface area (TPSA) is 20.2 Å². The van der Waals surface area contributed by atoms with Crippen molar-refractivity contribution in [3.05, 3.63) is 23.8 Å². The van der Waals surface area contributed by atoms with Crippen molar-refractivity contribution in [3.8, 4) is 0 Å². The summed E-state index contributed by atoms with van der Waals surface area (Å²) in [5, 5.41) is 9.62. The summed E-state index contributed by atoms with van der Waals surface area (Å²) in [6.45, 7) is 2.12. The second-order valence-corrected chi connectivity index (χ2v) is 3.63.